The molecule has 15 nitrogen and oxygen atoms in total. The highest BCUT2D eigenvalue weighted by Gasteiger charge is 2.33. The lowest BCUT2D eigenvalue weighted by atomic mass is 9.92. The number of hydrogen-bond donors (Lipinski definition) is 1. The van der Waals surface area contributed by atoms with Crippen molar-refractivity contribution in [2.75, 3.05) is 25.2 Å². The van der Waals surface area contributed by atoms with Crippen LogP contribution in [0.2, 0.25) is 0 Å². The Labute approximate surface area is 399 Å². The molecule has 1 atom stereocenters. The van der Waals surface area contributed by atoms with Gasteiger partial charge in [0.15, 0.2) is 0 Å². The first-order valence-corrected chi connectivity index (χ1v) is 22.5. The van der Waals surface area contributed by atoms with E-state index >= 15 is 0 Å². The minimum Gasteiger partial charge on any atom is -0.494 e. The molecule has 1 heterocycles. The van der Waals surface area contributed by atoms with E-state index in [1.807, 2.05) is 38.1 Å². The van der Waals surface area contributed by atoms with Gasteiger partial charge in [-0.05, 0) is 125 Å². The first-order valence-electron chi connectivity index (χ1n) is 21.7. The molecule has 0 saturated carbocycles. The summed E-state index contributed by atoms with van der Waals surface area (Å²) < 4.78 is 40.3. The van der Waals surface area contributed by atoms with Gasteiger partial charge in [-0.25, -0.2) is 29.0 Å². The van der Waals surface area contributed by atoms with Crippen LogP contribution in [0.15, 0.2) is 134 Å². The van der Waals surface area contributed by atoms with E-state index in [2.05, 4.69) is 35.2 Å². The number of ether oxygens (including phenoxy) is 7. The molecule has 0 amide bonds. The number of hydrogen-bond acceptors (Lipinski definition) is 16. The van der Waals surface area contributed by atoms with Crippen LogP contribution >= 0.6 is 11.3 Å². The fraction of sp³-hybridized carbons (Fsp3) is 0.288. The third-order valence-corrected chi connectivity index (χ3v) is 10.7. The number of carbonyl (C=O) groups is 5. The molecule has 1 aromatic heterocycles. The number of carbonyl (C=O) groups excluding carboxylic acids is 5. The van der Waals surface area contributed by atoms with E-state index in [-0.39, 0.29) is 24.5 Å². The van der Waals surface area contributed by atoms with Gasteiger partial charge in [0.2, 0.25) is 5.13 Å². The minimum atomic E-state index is -0.799. The van der Waals surface area contributed by atoms with Gasteiger partial charge >= 0.3 is 29.8 Å². The predicted octanol–water partition coefficient (Wildman–Crippen LogP) is 9.79. The van der Waals surface area contributed by atoms with Crippen molar-refractivity contribution in [1.82, 2.24) is 4.98 Å². The molecule has 0 aliphatic rings. The molecule has 5 aromatic rings. The number of nitrogens with one attached hydrogen (secondary N) is 1. The van der Waals surface area contributed by atoms with Gasteiger partial charge < -0.3 is 33.2 Å². The summed E-state index contributed by atoms with van der Waals surface area (Å²) in [5.74, 6) is -1.56. The van der Waals surface area contributed by atoms with Crippen LogP contribution in [0.1, 0.15) is 85.2 Å². The quantitative estimate of drug-likeness (QED) is 0.0105. The maximum Gasteiger partial charge on any atom is 0.343 e. The van der Waals surface area contributed by atoms with Gasteiger partial charge in [-0.15, -0.1) is 0 Å². The summed E-state index contributed by atoms with van der Waals surface area (Å²) in [5, 5.41) is 4.97. The average molecular weight is 946 g/mol. The lowest BCUT2D eigenvalue weighted by Gasteiger charge is -2.34. The van der Waals surface area contributed by atoms with Crippen molar-refractivity contribution in [3.8, 4) is 17.2 Å². The SMILES string of the molecule is C=CC(=O)OCC(CCCCOc1ccc(C(=O)Oc2ccc(CCOC(=O)c3ccc(OC(C)(C)CC(C)(C)OC(=O)C=C)cc3)cc2/C=N/Nc2nc3ccccc3s2)cc1)OC(=O)C=C. The highest BCUT2D eigenvalue weighted by Crippen LogP contribution is 2.30. The van der Waals surface area contributed by atoms with E-state index in [4.69, 9.17) is 33.2 Å². The number of aromatic nitrogens is 1. The van der Waals surface area contributed by atoms with E-state index in [1.165, 1.54) is 17.6 Å². The highest BCUT2D eigenvalue weighted by atomic mass is 32.1. The summed E-state index contributed by atoms with van der Waals surface area (Å²) in [6.45, 7) is 17.9. The molecule has 0 bridgehead atoms. The van der Waals surface area contributed by atoms with Crippen molar-refractivity contribution < 1.29 is 57.1 Å². The molecular weight excluding hydrogens is 891 g/mol. The van der Waals surface area contributed by atoms with E-state index in [1.54, 1.807) is 80.6 Å². The number of para-hydroxylation sites is 1. The maximum absolute atomic E-state index is 13.4. The Morgan fingerprint density at radius 3 is 2.12 bits per heavy atom. The fourth-order valence-corrected chi connectivity index (χ4v) is 7.71. The molecule has 1 unspecified atom stereocenters. The summed E-state index contributed by atoms with van der Waals surface area (Å²) in [6, 6.07) is 26.1. The van der Waals surface area contributed by atoms with E-state index in [0.29, 0.717) is 66.5 Å². The van der Waals surface area contributed by atoms with Crippen LogP contribution in [0.4, 0.5) is 5.13 Å². The maximum atomic E-state index is 13.4. The van der Waals surface area contributed by atoms with Crippen molar-refractivity contribution in [1.29, 1.82) is 0 Å². The van der Waals surface area contributed by atoms with Gasteiger partial charge in [-0.3, -0.25) is 5.43 Å². The molecule has 0 radical (unpaired) electrons. The van der Waals surface area contributed by atoms with Crippen LogP contribution < -0.4 is 19.6 Å². The summed E-state index contributed by atoms with van der Waals surface area (Å²) >= 11 is 1.44. The lowest BCUT2D eigenvalue weighted by Crippen LogP contribution is -2.40. The number of hydrazone groups is 1. The van der Waals surface area contributed by atoms with Crippen LogP contribution in [0.25, 0.3) is 10.2 Å². The zero-order valence-corrected chi connectivity index (χ0v) is 39.3. The second kappa shape index (κ2) is 24.8. The third-order valence-electron chi connectivity index (χ3n) is 9.74. The van der Waals surface area contributed by atoms with Crippen LogP contribution in [0.5, 0.6) is 17.2 Å². The molecule has 68 heavy (non-hydrogen) atoms. The summed E-state index contributed by atoms with van der Waals surface area (Å²) in [4.78, 5) is 65.9. The van der Waals surface area contributed by atoms with Gasteiger partial charge in [0.05, 0.1) is 40.8 Å². The molecule has 0 spiro atoms. The number of anilines is 1. The van der Waals surface area contributed by atoms with Crippen molar-refractivity contribution in [2.24, 2.45) is 5.10 Å². The number of unbranched alkanes of at least 4 members (excludes halogenated alkanes) is 1. The molecule has 0 saturated heterocycles. The topological polar surface area (TPSA) is 187 Å². The molecule has 16 heteroatoms. The second-order valence-electron chi connectivity index (χ2n) is 16.4. The monoisotopic (exact) mass is 945 g/mol. The van der Waals surface area contributed by atoms with Gasteiger partial charge in [-0.2, -0.15) is 5.10 Å². The van der Waals surface area contributed by atoms with Crippen molar-refractivity contribution in [3.63, 3.8) is 0 Å². The van der Waals surface area contributed by atoms with Crippen LogP contribution in [0.3, 0.4) is 0 Å². The molecular formula is C52H55N3O12S. The Hall–Kier alpha value is -7.59. The molecule has 5 rings (SSSR count). The number of nitrogens with zero attached hydrogens (tertiary/aromatic N) is 2. The van der Waals surface area contributed by atoms with E-state index in [9.17, 15) is 24.0 Å². The minimum absolute atomic E-state index is 0.0651. The Balaban J connectivity index is 1.17. The summed E-state index contributed by atoms with van der Waals surface area (Å²) in [7, 11) is 0. The Morgan fingerprint density at radius 1 is 0.750 bits per heavy atom. The van der Waals surface area contributed by atoms with Crippen molar-refractivity contribution in [2.45, 2.75) is 77.1 Å². The predicted molar refractivity (Wildman–Crippen MR) is 259 cm³/mol. The van der Waals surface area contributed by atoms with Gasteiger partial charge in [-0.1, -0.05) is 49.3 Å². The number of fused-ring (bicyclic) bond motifs is 1. The Bertz CT molecular complexity index is 2570. The van der Waals surface area contributed by atoms with Crippen molar-refractivity contribution >= 4 is 62.7 Å². The van der Waals surface area contributed by atoms with Crippen LogP contribution in [-0.4, -0.2) is 78.2 Å². The first-order chi connectivity index (χ1) is 32.5. The zero-order valence-electron chi connectivity index (χ0n) is 38.5. The number of thiazole rings is 1. The number of esters is 5. The highest BCUT2D eigenvalue weighted by molar-refractivity contribution is 7.22. The molecule has 356 valence electrons. The Kier molecular flexibility index (Phi) is 18.7. The first kappa shape index (κ1) is 51.4. The third kappa shape index (κ3) is 16.7. The summed E-state index contributed by atoms with van der Waals surface area (Å²) in [6.07, 6.45) is 6.50. The van der Waals surface area contributed by atoms with Gasteiger partial charge in [0, 0.05) is 36.6 Å². The standard InChI is InChI=1S/C52H55N3O12S/c1-8-45(56)63-33-41(64-46(57)9-2)15-13-14-29-61-39-23-19-37(20-24-39)49(60)65-43-27-18-35(31-38(43)32-53-55-50-54-42-16-11-12-17-44(42)68-50)28-30-62-48(59)36-21-25-40(26-22-36)66-51(4,5)34-52(6,7)67-47(58)10-3/h8-12,16-27,31-32,41H,1-3,13-15,28-30,33-34H2,4-7H3,(H,54,55)/b53-32+. The zero-order chi connectivity index (χ0) is 49.1. The Morgan fingerprint density at radius 2 is 1.43 bits per heavy atom. The molecule has 0 aliphatic carbocycles. The van der Waals surface area contributed by atoms with Crippen LogP contribution in [0, 0.1) is 0 Å². The average Bonchev–Trinajstić information content (AvgIpc) is 3.73. The van der Waals surface area contributed by atoms with Crippen molar-refractivity contribution in [3.05, 3.63) is 151 Å². The van der Waals surface area contributed by atoms with Gasteiger partial charge in [0.1, 0.15) is 41.2 Å². The normalized spacial score (nSPS) is 11.8. The van der Waals surface area contributed by atoms with Gasteiger partial charge in [0.25, 0.3) is 0 Å². The van der Waals surface area contributed by atoms with E-state index < -0.39 is 47.2 Å². The smallest absolute Gasteiger partial charge is 0.343 e. The molecule has 0 aliphatic heterocycles. The number of rotatable bonds is 26. The molecule has 0 fully saturated rings. The largest absolute Gasteiger partial charge is 0.494 e. The second-order valence-corrected chi connectivity index (χ2v) is 17.4. The lowest BCUT2D eigenvalue weighted by molar-refractivity contribution is -0.154. The summed E-state index contributed by atoms with van der Waals surface area (Å²) in [5.41, 5.74) is 4.19. The van der Waals surface area contributed by atoms with Crippen LogP contribution in [-0.2, 0) is 39.8 Å². The van der Waals surface area contributed by atoms with E-state index in [0.717, 1.165) is 34.0 Å². The number of benzene rings is 4. The molecule has 4 aromatic carbocycles. The fourth-order valence-electron chi connectivity index (χ4n) is 6.89. The molecule has 1 N–H and O–H groups in total.